The van der Waals surface area contributed by atoms with Crippen LogP contribution in [0, 0.1) is 0 Å². The average Bonchev–Trinajstić information content (AvgIpc) is 2.74. The van der Waals surface area contributed by atoms with Crippen LogP contribution < -0.4 is 10.1 Å². The monoisotopic (exact) mass is 230 g/mol. The molecular weight excluding hydrogens is 212 g/mol. The number of aromatic nitrogens is 1. The Bertz CT molecular complexity index is 512. The van der Waals surface area contributed by atoms with Gasteiger partial charge in [-0.2, -0.15) is 0 Å². The summed E-state index contributed by atoms with van der Waals surface area (Å²) in [6.07, 6.45) is 4.64. The molecule has 3 heteroatoms. The van der Waals surface area contributed by atoms with Gasteiger partial charge in [0, 0.05) is 18.6 Å². The van der Waals surface area contributed by atoms with Gasteiger partial charge >= 0.3 is 0 Å². The molecule has 1 aliphatic heterocycles. The molecule has 0 atom stereocenters. The molecule has 90 valence electrons. The van der Waals surface area contributed by atoms with Crippen LogP contribution in [0.2, 0.25) is 0 Å². The number of para-hydroxylation sites is 1. The van der Waals surface area contributed by atoms with Crippen molar-refractivity contribution in [2.45, 2.75) is 18.9 Å². The number of fused-ring (bicyclic) bond motifs is 1. The first-order valence-corrected chi connectivity index (χ1v) is 6.26. The highest BCUT2D eigenvalue weighted by Crippen LogP contribution is 2.27. The van der Waals surface area contributed by atoms with E-state index in [-0.39, 0.29) is 0 Å². The summed E-state index contributed by atoms with van der Waals surface area (Å²) in [7, 11) is 2.07. The van der Waals surface area contributed by atoms with Crippen LogP contribution in [0.25, 0.3) is 10.9 Å². The summed E-state index contributed by atoms with van der Waals surface area (Å²) in [6.45, 7) is 2.13. The highest BCUT2D eigenvalue weighted by Gasteiger charge is 2.16. The average molecular weight is 230 g/mol. The molecule has 0 amide bonds. The number of piperidine rings is 1. The minimum absolute atomic E-state index is 0.358. The van der Waals surface area contributed by atoms with Gasteiger partial charge in [0.1, 0.15) is 11.9 Å². The third-order valence-corrected chi connectivity index (χ3v) is 3.44. The van der Waals surface area contributed by atoms with Crippen LogP contribution in [0.4, 0.5) is 0 Å². The summed E-state index contributed by atoms with van der Waals surface area (Å²) in [6, 6.07) is 8.40. The van der Waals surface area contributed by atoms with Crippen LogP contribution in [-0.2, 0) is 7.05 Å². The van der Waals surface area contributed by atoms with Gasteiger partial charge in [0.05, 0.1) is 5.52 Å². The summed E-state index contributed by atoms with van der Waals surface area (Å²) in [5.41, 5.74) is 1.20. The molecule has 1 fully saturated rings. The minimum atomic E-state index is 0.358. The van der Waals surface area contributed by atoms with Crippen molar-refractivity contribution >= 4 is 10.9 Å². The van der Waals surface area contributed by atoms with Crippen molar-refractivity contribution in [3.8, 4) is 5.75 Å². The first-order chi connectivity index (χ1) is 8.34. The number of hydrogen-bond donors (Lipinski definition) is 1. The van der Waals surface area contributed by atoms with Crippen molar-refractivity contribution in [3.63, 3.8) is 0 Å². The molecule has 0 radical (unpaired) electrons. The number of rotatable bonds is 2. The Hall–Kier alpha value is -1.48. The lowest BCUT2D eigenvalue weighted by Gasteiger charge is -2.24. The molecule has 2 aromatic rings. The summed E-state index contributed by atoms with van der Waals surface area (Å²) >= 11 is 0. The summed E-state index contributed by atoms with van der Waals surface area (Å²) in [5, 5.41) is 4.61. The minimum Gasteiger partial charge on any atom is -0.488 e. The van der Waals surface area contributed by atoms with E-state index in [2.05, 4.69) is 47.4 Å². The lowest BCUT2D eigenvalue weighted by atomic mass is 10.1. The second kappa shape index (κ2) is 4.41. The number of aryl methyl sites for hydroxylation is 1. The summed E-state index contributed by atoms with van der Waals surface area (Å²) < 4.78 is 8.28. The summed E-state index contributed by atoms with van der Waals surface area (Å²) in [5.74, 6) is 1.02. The van der Waals surface area contributed by atoms with Crippen molar-refractivity contribution < 1.29 is 4.74 Å². The lowest BCUT2D eigenvalue weighted by molar-refractivity contribution is 0.164. The molecule has 1 N–H and O–H groups in total. The molecule has 0 aliphatic carbocycles. The normalized spacial score (nSPS) is 17.5. The maximum atomic E-state index is 6.15. The highest BCUT2D eigenvalue weighted by atomic mass is 16.5. The van der Waals surface area contributed by atoms with Crippen molar-refractivity contribution in [1.82, 2.24) is 9.88 Å². The summed E-state index contributed by atoms with van der Waals surface area (Å²) in [4.78, 5) is 0. The maximum absolute atomic E-state index is 6.15. The van der Waals surface area contributed by atoms with Gasteiger partial charge in [0.25, 0.3) is 0 Å². The Morgan fingerprint density at radius 2 is 2.06 bits per heavy atom. The molecular formula is C14H18N2O. The van der Waals surface area contributed by atoms with E-state index in [4.69, 9.17) is 4.74 Å². The van der Waals surface area contributed by atoms with Gasteiger partial charge in [-0.15, -0.1) is 0 Å². The van der Waals surface area contributed by atoms with Crippen molar-refractivity contribution in [2.24, 2.45) is 7.05 Å². The van der Waals surface area contributed by atoms with E-state index in [1.807, 2.05) is 0 Å². The number of nitrogens with one attached hydrogen (secondary N) is 1. The Morgan fingerprint density at radius 3 is 2.88 bits per heavy atom. The molecule has 17 heavy (non-hydrogen) atoms. The molecule has 1 aromatic heterocycles. The number of hydrogen-bond acceptors (Lipinski definition) is 2. The highest BCUT2D eigenvalue weighted by molar-refractivity contribution is 5.85. The molecule has 0 unspecified atom stereocenters. The maximum Gasteiger partial charge on any atom is 0.143 e. The van der Waals surface area contributed by atoms with Crippen LogP contribution in [0.5, 0.6) is 5.75 Å². The zero-order chi connectivity index (χ0) is 11.7. The third kappa shape index (κ3) is 2.03. The smallest absolute Gasteiger partial charge is 0.143 e. The molecule has 1 saturated heterocycles. The Morgan fingerprint density at radius 1 is 1.24 bits per heavy atom. The fraction of sp³-hybridized carbons (Fsp3) is 0.429. The molecule has 0 saturated carbocycles. The first kappa shape index (κ1) is 10.7. The number of ether oxygens (including phenoxy) is 1. The quantitative estimate of drug-likeness (QED) is 0.856. The second-order valence-corrected chi connectivity index (χ2v) is 4.69. The molecule has 3 nitrogen and oxygen atoms in total. The second-order valence-electron chi connectivity index (χ2n) is 4.69. The molecule has 2 heterocycles. The van der Waals surface area contributed by atoms with Gasteiger partial charge in [0.15, 0.2) is 0 Å². The van der Waals surface area contributed by atoms with E-state index >= 15 is 0 Å². The van der Waals surface area contributed by atoms with Gasteiger partial charge in [-0.1, -0.05) is 12.1 Å². The number of nitrogens with zero attached hydrogens (tertiary/aromatic N) is 1. The van der Waals surface area contributed by atoms with Crippen LogP contribution in [0.1, 0.15) is 12.8 Å². The predicted molar refractivity (Wildman–Crippen MR) is 69.4 cm³/mol. The largest absolute Gasteiger partial charge is 0.488 e. The van der Waals surface area contributed by atoms with Gasteiger partial charge in [-0.05, 0) is 38.1 Å². The Balaban J connectivity index is 1.91. The fourth-order valence-electron chi connectivity index (χ4n) is 2.51. The van der Waals surface area contributed by atoms with Crippen molar-refractivity contribution in [3.05, 3.63) is 30.5 Å². The standard InChI is InChI=1S/C14H18N2O/c1-16-10-7-11-3-2-4-13(14(11)16)17-12-5-8-15-9-6-12/h2-4,7,10,12,15H,5-6,8-9H2,1H3. The molecule has 3 rings (SSSR count). The van der Waals surface area contributed by atoms with Gasteiger partial charge in [-0.25, -0.2) is 0 Å². The van der Waals surface area contributed by atoms with E-state index in [1.165, 1.54) is 10.9 Å². The van der Waals surface area contributed by atoms with E-state index in [0.29, 0.717) is 6.10 Å². The van der Waals surface area contributed by atoms with Gasteiger partial charge in [0.2, 0.25) is 0 Å². The molecule has 1 aliphatic rings. The predicted octanol–water partition coefficient (Wildman–Crippen LogP) is 2.31. The fourth-order valence-corrected chi connectivity index (χ4v) is 2.51. The molecule has 1 aromatic carbocycles. The first-order valence-electron chi connectivity index (χ1n) is 6.26. The third-order valence-electron chi connectivity index (χ3n) is 3.44. The zero-order valence-corrected chi connectivity index (χ0v) is 10.1. The van der Waals surface area contributed by atoms with Crippen LogP contribution in [-0.4, -0.2) is 23.8 Å². The lowest BCUT2D eigenvalue weighted by Crippen LogP contribution is -2.34. The SMILES string of the molecule is Cn1ccc2cccc(OC3CCNCC3)c21. The van der Waals surface area contributed by atoms with Gasteiger partial charge < -0.3 is 14.6 Å². The Labute approximate surface area is 101 Å². The Kier molecular flexibility index (Phi) is 2.77. The molecule has 0 spiro atoms. The molecule has 0 bridgehead atoms. The van der Waals surface area contributed by atoms with Crippen molar-refractivity contribution in [2.75, 3.05) is 13.1 Å². The zero-order valence-electron chi connectivity index (χ0n) is 10.1. The van der Waals surface area contributed by atoms with Crippen LogP contribution in [0.3, 0.4) is 0 Å². The topological polar surface area (TPSA) is 26.2 Å². The van der Waals surface area contributed by atoms with E-state index in [9.17, 15) is 0 Å². The van der Waals surface area contributed by atoms with E-state index in [0.717, 1.165) is 31.7 Å². The van der Waals surface area contributed by atoms with Crippen LogP contribution in [0.15, 0.2) is 30.5 Å². The van der Waals surface area contributed by atoms with Crippen LogP contribution >= 0.6 is 0 Å². The van der Waals surface area contributed by atoms with Gasteiger partial charge in [-0.3, -0.25) is 0 Å². The number of benzene rings is 1. The van der Waals surface area contributed by atoms with E-state index < -0.39 is 0 Å². The van der Waals surface area contributed by atoms with Crippen molar-refractivity contribution in [1.29, 1.82) is 0 Å². The van der Waals surface area contributed by atoms with E-state index in [1.54, 1.807) is 0 Å².